The first-order chi connectivity index (χ1) is 8.02. The Morgan fingerprint density at radius 1 is 1.71 bits per heavy atom. The molecule has 0 saturated carbocycles. The lowest BCUT2D eigenvalue weighted by molar-refractivity contribution is -0.388. The molecule has 2 heterocycles. The highest BCUT2D eigenvalue weighted by Crippen LogP contribution is 2.32. The number of nitrogens with zero attached hydrogens (tertiary/aromatic N) is 4. The molecule has 0 radical (unpaired) electrons. The van der Waals surface area contributed by atoms with E-state index in [2.05, 4.69) is 4.98 Å². The fraction of sp³-hybridized carbons (Fsp3) is 0.556. The van der Waals surface area contributed by atoms with Crippen molar-refractivity contribution in [1.82, 2.24) is 9.55 Å². The van der Waals surface area contributed by atoms with Crippen molar-refractivity contribution in [2.75, 3.05) is 11.4 Å². The van der Waals surface area contributed by atoms with Crippen molar-refractivity contribution in [2.24, 2.45) is 7.05 Å². The predicted molar refractivity (Wildman–Crippen MR) is 57.9 cm³/mol. The van der Waals surface area contributed by atoms with E-state index in [9.17, 15) is 14.9 Å². The van der Waals surface area contributed by atoms with Gasteiger partial charge >= 0.3 is 11.8 Å². The number of nitro groups is 1. The smallest absolute Gasteiger partial charge is 0.406 e. The second-order valence-electron chi connectivity index (χ2n) is 3.95. The largest absolute Gasteiger partial charge is 0.480 e. The van der Waals surface area contributed by atoms with Crippen LogP contribution in [0.15, 0.2) is 6.33 Å². The van der Waals surface area contributed by atoms with E-state index >= 15 is 0 Å². The van der Waals surface area contributed by atoms with Crippen LogP contribution in [0.25, 0.3) is 0 Å². The highest BCUT2D eigenvalue weighted by atomic mass is 16.6. The molecule has 8 heteroatoms. The second kappa shape index (κ2) is 4.04. The summed E-state index contributed by atoms with van der Waals surface area (Å²) in [6.07, 6.45) is 2.53. The normalized spacial score (nSPS) is 19.6. The van der Waals surface area contributed by atoms with Gasteiger partial charge in [-0.2, -0.15) is 0 Å². The Morgan fingerprint density at radius 2 is 2.41 bits per heavy atom. The quantitative estimate of drug-likeness (QED) is 0.605. The maximum atomic E-state index is 11.1. The number of aromatic nitrogens is 2. The molecule has 1 aromatic rings. The van der Waals surface area contributed by atoms with Crippen molar-refractivity contribution in [3.63, 3.8) is 0 Å². The molecule has 1 atom stereocenters. The lowest BCUT2D eigenvalue weighted by Gasteiger charge is -2.22. The van der Waals surface area contributed by atoms with E-state index in [0.29, 0.717) is 19.4 Å². The van der Waals surface area contributed by atoms with E-state index in [1.165, 1.54) is 15.8 Å². The van der Waals surface area contributed by atoms with E-state index < -0.39 is 16.9 Å². The molecule has 1 aliphatic heterocycles. The number of carbonyl (C=O) groups is 1. The van der Waals surface area contributed by atoms with Gasteiger partial charge in [-0.1, -0.05) is 0 Å². The SMILES string of the molecule is Cn1cnc([N+](=O)[O-])c1N1CCC[C@@H]1C(=O)O. The van der Waals surface area contributed by atoms with Crippen molar-refractivity contribution in [3.8, 4) is 0 Å². The summed E-state index contributed by atoms with van der Waals surface area (Å²) in [6, 6.07) is -0.705. The molecule has 8 nitrogen and oxygen atoms in total. The maximum Gasteiger partial charge on any atom is 0.406 e. The third-order valence-electron chi connectivity index (χ3n) is 2.87. The summed E-state index contributed by atoms with van der Waals surface area (Å²) >= 11 is 0. The van der Waals surface area contributed by atoms with Crippen LogP contribution in [0.5, 0.6) is 0 Å². The molecule has 0 bridgehead atoms. The van der Waals surface area contributed by atoms with Crippen LogP contribution >= 0.6 is 0 Å². The topological polar surface area (TPSA) is 101 Å². The minimum absolute atomic E-state index is 0.264. The van der Waals surface area contributed by atoms with Crippen LogP contribution in [0.1, 0.15) is 12.8 Å². The molecule has 0 unspecified atom stereocenters. The molecular formula is C9H12N4O4. The van der Waals surface area contributed by atoms with E-state index in [4.69, 9.17) is 5.11 Å². The molecule has 1 fully saturated rings. The Morgan fingerprint density at radius 3 is 3.00 bits per heavy atom. The summed E-state index contributed by atoms with van der Waals surface area (Å²) in [5.74, 6) is -0.987. The van der Waals surface area contributed by atoms with Crippen LogP contribution in [-0.2, 0) is 11.8 Å². The monoisotopic (exact) mass is 240 g/mol. The molecule has 0 aromatic carbocycles. The Labute approximate surface area is 96.6 Å². The summed E-state index contributed by atoms with van der Waals surface area (Å²) in [6.45, 7) is 0.497. The Hall–Kier alpha value is -2.12. The maximum absolute atomic E-state index is 11.1. The van der Waals surface area contributed by atoms with Gasteiger partial charge in [-0.25, -0.2) is 4.79 Å². The molecule has 0 aliphatic carbocycles. The average Bonchev–Trinajstić information content (AvgIpc) is 2.82. The van der Waals surface area contributed by atoms with E-state index in [0.717, 1.165) is 0 Å². The number of anilines is 1. The van der Waals surface area contributed by atoms with Gasteiger partial charge in [-0.3, -0.25) is 4.57 Å². The Bertz CT molecular complexity index is 470. The minimum atomic E-state index is -0.960. The summed E-state index contributed by atoms with van der Waals surface area (Å²) in [5.41, 5.74) is 0. The third-order valence-corrected chi connectivity index (χ3v) is 2.87. The van der Waals surface area contributed by atoms with Crippen molar-refractivity contribution in [3.05, 3.63) is 16.4 Å². The first-order valence-electron chi connectivity index (χ1n) is 5.17. The van der Waals surface area contributed by atoms with Crippen LogP contribution < -0.4 is 4.90 Å². The molecule has 1 aromatic heterocycles. The van der Waals surface area contributed by atoms with Crippen molar-refractivity contribution < 1.29 is 14.8 Å². The van der Waals surface area contributed by atoms with Crippen molar-refractivity contribution in [1.29, 1.82) is 0 Å². The predicted octanol–water partition coefficient (Wildman–Crippen LogP) is 0.382. The fourth-order valence-electron chi connectivity index (χ4n) is 2.15. The number of aryl methyl sites for hydroxylation is 1. The molecule has 1 aliphatic rings. The zero-order valence-electron chi connectivity index (χ0n) is 9.24. The minimum Gasteiger partial charge on any atom is -0.480 e. The summed E-state index contributed by atoms with van der Waals surface area (Å²) in [5, 5.41) is 19.9. The first kappa shape index (κ1) is 11.4. The van der Waals surface area contributed by atoms with Gasteiger partial charge in [-0.15, -0.1) is 0 Å². The highest BCUT2D eigenvalue weighted by Gasteiger charge is 2.37. The van der Waals surface area contributed by atoms with Crippen LogP contribution in [0, 0.1) is 10.1 Å². The number of carboxylic acids is 1. The lowest BCUT2D eigenvalue weighted by atomic mass is 10.2. The number of carboxylic acid groups (broad SMARTS) is 1. The van der Waals surface area contributed by atoms with Crippen LogP contribution in [-0.4, -0.2) is 38.1 Å². The van der Waals surface area contributed by atoms with Crippen LogP contribution in [0.2, 0.25) is 0 Å². The number of hydrogen-bond donors (Lipinski definition) is 1. The Balaban J connectivity index is 2.42. The van der Waals surface area contributed by atoms with Gasteiger partial charge < -0.3 is 20.1 Å². The van der Waals surface area contributed by atoms with Crippen molar-refractivity contribution in [2.45, 2.75) is 18.9 Å². The zero-order chi connectivity index (χ0) is 12.6. The number of hydrogen-bond acceptors (Lipinski definition) is 5. The van der Waals surface area contributed by atoms with E-state index in [1.54, 1.807) is 7.05 Å². The molecule has 17 heavy (non-hydrogen) atoms. The first-order valence-corrected chi connectivity index (χ1v) is 5.17. The molecule has 2 rings (SSSR count). The standard InChI is InChI=1S/C9H12N4O4/c1-11-5-10-7(13(16)17)8(11)12-4-2-3-6(12)9(14)15/h5-6H,2-4H2,1H3,(H,14,15)/t6-/m1/s1. The van der Waals surface area contributed by atoms with Gasteiger partial charge in [-0.05, 0) is 22.7 Å². The van der Waals surface area contributed by atoms with Gasteiger partial charge in [0.05, 0.1) is 0 Å². The molecule has 92 valence electrons. The van der Waals surface area contributed by atoms with Gasteiger partial charge in [0, 0.05) is 13.6 Å². The fourth-order valence-corrected chi connectivity index (χ4v) is 2.15. The van der Waals surface area contributed by atoms with Gasteiger partial charge in [0.15, 0.2) is 0 Å². The molecular weight excluding hydrogens is 228 g/mol. The van der Waals surface area contributed by atoms with Gasteiger partial charge in [0.1, 0.15) is 6.04 Å². The number of imidazole rings is 1. The Kier molecular flexibility index (Phi) is 2.70. The van der Waals surface area contributed by atoms with Crippen molar-refractivity contribution >= 4 is 17.6 Å². The molecule has 1 N–H and O–H groups in total. The molecule has 0 spiro atoms. The van der Waals surface area contributed by atoms with Gasteiger partial charge in [0.2, 0.25) is 12.1 Å². The lowest BCUT2D eigenvalue weighted by Crippen LogP contribution is -2.37. The molecule has 1 saturated heterocycles. The van der Waals surface area contributed by atoms with Crippen LogP contribution in [0.4, 0.5) is 11.6 Å². The number of aliphatic carboxylic acids is 1. The van der Waals surface area contributed by atoms with Gasteiger partial charge in [0.25, 0.3) is 0 Å². The third kappa shape index (κ3) is 1.81. The van der Waals surface area contributed by atoms with E-state index in [1.807, 2.05) is 0 Å². The molecule has 0 amide bonds. The highest BCUT2D eigenvalue weighted by molar-refractivity contribution is 5.79. The number of rotatable bonds is 3. The summed E-state index contributed by atoms with van der Waals surface area (Å²) in [7, 11) is 1.62. The zero-order valence-corrected chi connectivity index (χ0v) is 9.24. The van der Waals surface area contributed by atoms with E-state index in [-0.39, 0.29) is 11.6 Å². The second-order valence-corrected chi connectivity index (χ2v) is 3.95. The summed E-state index contributed by atoms with van der Waals surface area (Å²) in [4.78, 5) is 26.5. The van der Waals surface area contributed by atoms with Crippen LogP contribution in [0.3, 0.4) is 0 Å². The summed E-state index contributed by atoms with van der Waals surface area (Å²) < 4.78 is 1.49. The average molecular weight is 240 g/mol.